The van der Waals surface area contributed by atoms with Gasteiger partial charge in [-0.15, -0.1) is 0 Å². The van der Waals surface area contributed by atoms with Crippen LogP contribution >= 0.6 is 0 Å². The van der Waals surface area contributed by atoms with Crippen LogP contribution in [0.5, 0.6) is 5.75 Å². The van der Waals surface area contributed by atoms with Gasteiger partial charge >= 0.3 is 0 Å². The molecule has 1 atom stereocenters. The normalized spacial score (nSPS) is 11.9. The number of nitrogens with two attached hydrogens (primary N) is 2. The topological polar surface area (TPSA) is 85.1 Å². The minimum absolute atomic E-state index is 0.229. The van der Waals surface area contributed by atoms with Crippen LogP contribution in [0.1, 0.15) is 17.2 Å². The summed E-state index contributed by atoms with van der Waals surface area (Å²) in [5.41, 5.74) is 12.5. The average Bonchev–Trinajstić information content (AvgIpc) is 2.26. The Kier molecular flexibility index (Phi) is 3.46. The summed E-state index contributed by atoms with van der Waals surface area (Å²) in [5, 5.41) is 8.83. The Morgan fingerprint density at radius 2 is 2.29 bits per heavy atom. The predicted molar refractivity (Wildman–Crippen MR) is 53.7 cm³/mol. The second-order valence-corrected chi connectivity index (χ2v) is 2.91. The summed E-state index contributed by atoms with van der Waals surface area (Å²) in [5.74, 6) is 0.556. The van der Waals surface area contributed by atoms with Crippen LogP contribution in [0.2, 0.25) is 0 Å². The van der Waals surface area contributed by atoms with Crippen molar-refractivity contribution in [3.63, 3.8) is 0 Å². The lowest BCUT2D eigenvalue weighted by atomic mass is 10.0. The van der Waals surface area contributed by atoms with E-state index in [0.29, 0.717) is 17.9 Å². The first kappa shape index (κ1) is 10.5. The summed E-state index contributed by atoms with van der Waals surface area (Å²) >= 11 is 0. The fourth-order valence-electron chi connectivity index (χ4n) is 1.18. The van der Waals surface area contributed by atoms with Crippen LogP contribution in [0, 0.1) is 11.3 Å². The Morgan fingerprint density at radius 3 is 2.79 bits per heavy atom. The highest BCUT2D eigenvalue weighted by Gasteiger charge is 2.07. The van der Waals surface area contributed by atoms with Crippen LogP contribution in [-0.4, -0.2) is 13.7 Å². The number of methoxy groups -OCH3 is 1. The number of ether oxygens (including phenoxy) is 1. The van der Waals surface area contributed by atoms with E-state index in [-0.39, 0.29) is 6.04 Å². The van der Waals surface area contributed by atoms with Gasteiger partial charge in [0.25, 0.3) is 0 Å². The molecule has 4 heteroatoms. The van der Waals surface area contributed by atoms with E-state index in [2.05, 4.69) is 0 Å². The van der Waals surface area contributed by atoms with E-state index in [1.54, 1.807) is 12.1 Å². The molecule has 0 aliphatic rings. The molecular weight excluding hydrogens is 178 g/mol. The second kappa shape index (κ2) is 4.61. The van der Waals surface area contributed by atoms with Crippen molar-refractivity contribution >= 4 is 0 Å². The molecule has 0 amide bonds. The summed E-state index contributed by atoms with van der Waals surface area (Å²) in [6.45, 7) is 0.358. The minimum Gasteiger partial charge on any atom is -0.495 e. The molecule has 4 N–H and O–H groups in total. The van der Waals surface area contributed by atoms with E-state index >= 15 is 0 Å². The zero-order chi connectivity index (χ0) is 10.6. The van der Waals surface area contributed by atoms with Crippen molar-refractivity contribution in [3.05, 3.63) is 29.3 Å². The maximum absolute atomic E-state index is 8.83. The molecule has 1 unspecified atom stereocenters. The van der Waals surface area contributed by atoms with Gasteiger partial charge in [-0.3, -0.25) is 0 Å². The fourth-order valence-corrected chi connectivity index (χ4v) is 1.18. The fraction of sp³-hybridized carbons (Fsp3) is 0.300. The third-order valence-corrected chi connectivity index (χ3v) is 2.03. The lowest BCUT2D eigenvalue weighted by Crippen LogP contribution is -2.20. The van der Waals surface area contributed by atoms with Crippen molar-refractivity contribution < 1.29 is 4.74 Å². The van der Waals surface area contributed by atoms with Crippen molar-refractivity contribution in [3.8, 4) is 11.8 Å². The van der Waals surface area contributed by atoms with E-state index in [9.17, 15) is 0 Å². The zero-order valence-corrected chi connectivity index (χ0v) is 8.03. The number of nitriles is 1. The van der Waals surface area contributed by atoms with Crippen LogP contribution in [0.3, 0.4) is 0 Å². The molecule has 0 radical (unpaired) electrons. The quantitative estimate of drug-likeness (QED) is 0.729. The zero-order valence-electron chi connectivity index (χ0n) is 8.03. The van der Waals surface area contributed by atoms with Crippen molar-refractivity contribution in [1.82, 2.24) is 0 Å². The first-order valence-corrected chi connectivity index (χ1v) is 4.26. The summed E-state index contributed by atoms with van der Waals surface area (Å²) in [7, 11) is 1.53. The molecule has 0 aromatic heterocycles. The summed E-state index contributed by atoms with van der Waals surface area (Å²) in [6.07, 6.45) is 0. The second-order valence-electron chi connectivity index (χ2n) is 2.91. The molecular formula is C10H13N3O. The van der Waals surface area contributed by atoms with Gasteiger partial charge in [0.2, 0.25) is 0 Å². The van der Waals surface area contributed by atoms with Crippen LogP contribution in [-0.2, 0) is 0 Å². The molecule has 0 aliphatic heterocycles. The predicted octanol–water partition coefficient (Wildman–Crippen LogP) is 0.525. The first-order chi connectivity index (χ1) is 6.72. The molecule has 0 heterocycles. The van der Waals surface area contributed by atoms with Gasteiger partial charge < -0.3 is 16.2 Å². The standard InChI is InChI=1S/C10H13N3O/c1-14-10-3-2-7(9(13)6-12)4-8(10)5-11/h2-4,9H,6,12-13H2,1H3. The average molecular weight is 191 g/mol. The van der Waals surface area contributed by atoms with Gasteiger partial charge in [0.15, 0.2) is 0 Å². The lowest BCUT2D eigenvalue weighted by Gasteiger charge is -2.10. The SMILES string of the molecule is COc1ccc(C(N)CN)cc1C#N. The molecule has 0 aliphatic carbocycles. The first-order valence-electron chi connectivity index (χ1n) is 4.26. The van der Waals surface area contributed by atoms with Gasteiger partial charge in [-0.2, -0.15) is 5.26 Å². The van der Waals surface area contributed by atoms with E-state index in [1.165, 1.54) is 7.11 Å². The largest absolute Gasteiger partial charge is 0.495 e. The summed E-state index contributed by atoms with van der Waals surface area (Å²) in [6, 6.07) is 7.06. The molecule has 14 heavy (non-hydrogen) atoms. The van der Waals surface area contributed by atoms with Gasteiger partial charge in [0.1, 0.15) is 11.8 Å². The molecule has 0 bridgehead atoms. The Morgan fingerprint density at radius 1 is 1.57 bits per heavy atom. The smallest absolute Gasteiger partial charge is 0.136 e. The molecule has 0 spiro atoms. The van der Waals surface area contributed by atoms with Crippen molar-refractivity contribution in [2.24, 2.45) is 11.5 Å². The van der Waals surface area contributed by atoms with Gasteiger partial charge in [-0.1, -0.05) is 6.07 Å². The molecule has 1 aromatic carbocycles. The Labute approximate surface area is 83.1 Å². The van der Waals surface area contributed by atoms with Crippen LogP contribution in [0.25, 0.3) is 0 Å². The van der Waals surface area contributed by atoms with Crippen LogP contribution < -0.4 is 16.2 Å². The Balaban J connectivity index is 3.09. The minimum atomic E-state index is -0.229. The maximum atomic E-state index is 8.83. The third-order valence-electron chi connectivity index (χ3n) is 2.03. The summed E-state index contributed by atoms with van der Waals surface area (Å²) in [4.78, 5) is 0. The Bertz CT molecular complexity index is 357. The number of hydrogen-bond acceptors (Lipinski definition) is 4. The van der Waals surface area contributed by atoms with Gasteiger partial charge in [0.05, 0.1) is 12.7 Å². The molecule has 1 rings (SSSR count). The van der Waals surface area contributed by atoms with E-state index in [0.717, 1.165) is 5.56 Å². The van der Waals surface area contributed by atoms with Crippen molar-refractivity contribution in [2.45, 2.75) is 6.04 Å². The van der Waals surface area contributed by atoms with Gasteiger partial charge in [0, 0.05) is 12.6 Å². The summed E-state index contributed by atoms with van der Waals surface area (Å²) < 4.78 is 5.01. The lowest BCUT2D eigenvalue weighted by molar-refractivity contribution is 0.413. The molecule has 4 nitrogen and oxygen atoms in total. The van der Waals surface area contributed by atoms with Gasteiger partial charge in [-0.25, -0.2) is 0 Å². The number of hydrogen-bond donors (Lipinski definition) is 2. The van der Waals surface area contributed by atoms with Crippen molar-refractivity contribution in [2.75, 3.05) is 13.7 Å². The van der Waals surface area contributed by atoms with E-state index in [1.807, 2.05) is 12.1 Å². The van der Waals surface area contributed by atoms with E-state index in [4.69, 9.17) is 21.5 Å². The maximum Gasteiger partial charge on any atom is 0.136 e. The van der Waals surface area contributed by atoms with Crippen LogP contribution in [0.4, 0.5) is 0 Å². The molecule has 0 saturated carbocycles. The monoisotopic (exact) mass is 191 g/mol. The van der Waals surface area contributed by atoms with Crippen LogP contribution in [0.15, 0.2) is 18.2 Å². The van der Waals surface area contributed by atoms with Gasteiger partial charge in [-0.05, 0) is 17.7 Å². The molecule has 74 valence electrons. The Hall–Kier alpha value is -1.57. The molecule has 0 fully saturated rings. The third kappa shape index (κ3) is 2.02. The highest BCUT2D eigenvalue weighted by atomic mass is 16.5. The highest BCUT2D eigenvalue weighted by molar-refractivity contribution is 5.46. The molecule has 1 aromatic rings. The highest BCUT2D eigenvalue weighted by Crippen LogP contribution is 2.21. The van der Waals surface area contributed by atoms with E-state index < -0.39 is 0 Å². The number of benzene rings is 1. The van der Waals surface area contributed by atoms with Crippen molar-refractivity contribution in [1.29, 1.82) is 5.26 Å². The number of nitrogens with zero attached hydrogens (tertiary/aromatic N) is 1. The molecule has 0 saturated heterocycles. The number of rotatable bonds is 3.